The van der Waals surface area contributed by atoms with Crippen LogP contribution in [0.3, 0.4) is 0 Å². The molecule has 3 aromatic rings. The number of nitrogens with zero attached hydrogens (tertiary/aromatic N) is 1. The number of fused-ring (bicyclic) bond motifs is 1. The van der Waals surface area contributed by atoms with E-state index in [0.29, 0.717) is 0 Å². The average Bonchev–Trinajstić information content (AvgIpc) is 2.48. The van der Waals surface area contributed by atoms with Crippen LogP contribution in [0.25, 0.3) is 10.9 Å². The summed E-state index contributed by atoms with van der Waals surface area (Å²) in [5.41, 5.74) is 3.02. The molecule has 0 bridgehead atoms. The highest BCUT2D eigenvalue weighted by atomic mass is 16.5. The predicted molar refractivity (Wildman–Crippen MR) is 78.0 cm³/mol. The largest absolute Gasteiger partial charge is 0.497 e. The molecule has 0 amide bonds. The zero-order valence-electron chi connectivity index (χ0n) is 10.6. The van der Waals surface area contributed by atoms with E-state index in [1.165, 1.54) is 0 Å². The summed E-state index contributed by atoms with van der Waals surface area (Å²) < 4.78 is 5.23. The number of para-hydroxylation sites is 1. The minimum absolute atomic E-state index is 0.836. The first kappa shape index (κ1) is 11.5. The third-order valence-corrected chi connectivity index (χ3v) is 3.00. The fraction of sp³-hybridized carbons (Fsp3) is 0.0625. The fourth-order valence-corrected chi connectivity index (χ4v) is 2.06. The summed E-state index contributed by atoms with van der Waals surface area (Å²) in [6, 6.07) is 17.9. The van der Waals surface area contributed by atoms with Gasteiger partial charge in [-0.2, -0.15) is 0 Å². The Hall–Kier alpha value is -2.55. The first-order chi connectivity index (χ1) is 9.36. The lowest BCUT2D eigenvalue weighted by Crippen LogP contribution is -1.93. The van der Waals surface area contributed by atoms with Crippen LogP contribution in [0.4, 0.5) is 11.4 Å². The van der Waals surface area contributed by atoms with Crippen molar-refractivity contribution in [2.75, 3.05) is 12.4 Å². The fourth-order valence-electron chi connectivity index (χ4n) is 2.06. The van der Waals surface area contributed by atoms with Crippen molar-refractivity contribution in [1.82, 2.24) is 4.98 Å². The quantitative estimate of drug-likeness (QED) is 0.763. The number of aromatic nitrogens is 1. The van der Waals surface area contributed by atoms with Crippen LogP contribution in [-0.2, 0) is 0 Å². The van der Waals surface area contributed by atoms with Crippen molar-refractivity contribution < 1.29 is 4.74 Å². The van der Waals surface area contributed by atoms with Crippen LogP contribution < -0.4 is 10.1 Å². The zero-order chi connectivity index (χ0) is 13.1. The highest BCUT2D eigenvalue weighted by Crippen LogP contribution is 2.26. The molecule has 0 spiro atoms. The lowest BCUT2D eigenvalue weighted by molar-refractivity contribution is 0.415. The van der Waals surface area contributed by atoms with E-state index < -0.39 is 0 Å². The minimum Gasteiger partial charge on any atom is -0.497 e. The van der Waals surface area contributed by atoms with Crippen molar-refractivity contribution in [3.05, 3.63) is 60.8 Å². The molecule has 0 saturated heterocycles. The molecule has 1 heterocycles. The van der Waals surface area contributed by atoms with Gasteiger partial charge in [-0.25, -0.2) is 0 Å². The Morgan fingerprint density at radius 1 is 1.00 bits per heavy atom. The van der Waals surface area contributed by atoms with Crippen LogP contribution in [0.15, 0.2) is 60.8 Å². The molecular weight excluding hydrogens is 236 g/mol. The number of benzene rings is 2. The second-order valence-electron chi connectivity index (χ2n) is 4.23. The van der Waals surface area contributed by atoms with Crippen LogP contribution in [0.5, 0.6) is 5.75 Å². The molecule has 0 unspecified atom stereocenters. The van der Waals surface area contributed by atoms with Crippen molar-refractivity contribution >= 4 is 22.3 Å². The van der Waals surface area contributed by atoms with Gasteiger partial charge in [0.15, 0.2) is 0 Å². The van der Waals surface area contributed by atoms with Crippen LogP contribution in [-0.4, -0.2) is 12.1 Å². The Balaban J connectivity index is 2.01. The van der Waals surface area contributed by atoms with Crippen LogP contribution in [0, 0.1) is 0 Å². The lowest BCUT2D eigenvalue weighted by Gasteiger charge is -2.10. The molecule has 3 nitrogen and oxygen atoms in total. The monoisotopic (exact) mass is 250 g/mol. The third-order valence-electron chi connectivity index (χ3n) is 3.00. The number of methoxy groups -OCH3 is 1. The summed E-state index contributed by atoms with van der Waals surface area (Å²) in [5, 5.41) is 4.51. The maximum Gasteiger partial charge on any atom is 0.120 e. The van der Waals surface area contributed by atoms with Crippen LogP contribution in [0.1, 0.15) is 0 Å². The van der Waals surface area contributed by atoms with Crippen molar-refractivity contribution in [3.8, 4) is 5.75 Å². The van der Waals surface area contributed by atoms with Gasteiger partial charge in [-0.05, 0) is 24.3 Å². The molecule has 0 radical (unpaired) electrons. The summed E-state index contributed by atoms with van der Waals surface area (Å²) in [5.74, 6) is 0.836. The van der Waals surface area contributed by atoms with E-state index in [4.69, 9.17) is 4.74 Å². The van der Waals surface area contributed by atoms with Gasteiger partial charge in [0.2, 0.25) is 0 Å². The number of anilines is 2. The number of hydrogen-bond donors (Lipinski definition) is 1. The van der Waals surface area contributed by atoms with Gasteiger partial charge in [-0.1, -0.05) is 24.3 Å². The standard InChI is InChI=1S/C16H14N2O/c1-19-13-6-4-5-12(11-13)18-16-9-10-17-15-8-3-2-7-14(15)16/h2-11H,1H3,(H,17,18). The Bertz CT molecular complexity index is 704. The topological polar surface area (TPSA) is 34.1 Å². The maximum atomic E-state index is 5.23. The van der Waals surface area contributed by atoms with Gasteiger partial charge in [0.25, 0.3) is 0 Å². The molecule has 1 aromatic heterocycles. The van der Waals surface area contributed by atoms with E-state index in [1.807, 2.05) is 54.7 Å². The maximum absolute atomic E-state index is 5.23. The van der Waals surface area contributed by atoms with E-state index in [1.54, 1.807) is 7.11 Å². The van der Waals surface area contributed by atoms with Crippen LogP contribution >= 0.6 is 0 Å². The SMILES string of the molecule is COc1cccc(Nc2ccnc3ccccc23)c1. The van der Waals surface area contributed by atoms with E-state index in [-0.39, 0.29) is 0 Å². The molecule has 3 rings (SSSR count). The van der Waals surface area contributed by atoms with Crippen molar-refractivity contribution in [3.63, 3.8) is 0 Å². The lowest BCUT2D eigenvalue weighted by atomic mass is 10.2. The predicted octanol–water partition coefficient (Wildman–Crippen LogP) is 3.99. The van der Waals surface area contributed by atoms with E-state index in [9.17, 15) is 0 Å². The van der Waals surface area contributed by atoms with Gasteiger partial charge in [0.1, 0.15) is 5.75 Å². The number of rotatable bonds is 3. The third kappa shape index (κ3) is 2.36. The molecule has 1 N–H and O–H groups in total. The first-order valence-electron chi connectivity index (χ1n) is 6.11. The summed E-state index contributed by atoms with van der Waals surface area (Å²) in [6.45, 7) is 0. The summed E-state index contributed by atoms with van der Waals surface area (Å²) in [7, 11) is 1.67. The van der Waals surface area contributed by atoms with E-state index >= 15 is 0 Å². The highest BCUT2D eigenvalue weighted by Gasteiger charge is 2.02. The normalized spacial score (nSPS) is 10.4. The number of nitrogens with one attached hydrogen (secondary N) is 1. The molecule has 94 valence electrons. The summed E-state index contributed by atoms with van der Waals surface area (Å²) in [6.07, 6.45) is 1.81. The smallest absolute Gasteiger partial charge is 0.120 e. The van der Waals surface area contributed by atoms with Gasteiger partial charge in [0, 0.05) is 29.0 Å². The van der Waals surface area contributed by atoms with Crippen molar-refractivity contribution in [1.29, 1.82) is 0 Å². The molecule has 0 saturated carbocycles. The van der Waals surface area contributed by atoms with E-state index in [0.717, 1.165) is 28.0 Å². The van der Waals surface area contributed by atoms with Gasteiger partial charge in [-0.3, -0.25) is 4.98 Å². The first-order valence-corrected chi connectivity index (χ1v) is 6.11. The van der Waals surface area contributed by atoms with Gasteiger partial charge < -0.3 is 10.1 Å². The number of ether oxygens (including phenoxy) is 1. The highest BCUT2D eigenvalue weighted by molar-refractivity contribution is 5.92. The van der Waals surface area contributed by atoms with Crippen molar-refractivity contribution in [2.45, 2.75) is 0 Å². The number of pyridine rings is 1. The summed E-state index contributed by atoms with van der Waals surface area (Å²) >= 11 is 0. The van der Waals surface area contributed by atoms with Gasteiger partial charge in [0.05, 0.1) is 12.6 Å². The molecule has 0 aliphatic rings. The molecular formula is C16H14N2O. The molecule has 19 heavy (non-hydrogen) atoms. The number of hydrogen-bond acceptors (Lipinski definition) is 3. The van der Waals surface area contributed by atoms with Crippen molar-refractivity contribution in [2.24, 2.45) is 0 Å². The molecule has 0 fully saturated rings. The summed E-state index contributed by atoms with van der Waals surface area (Å²) in [4.78, 5) is 4.35. The Kier molecular flexibility index (Phi) is 3.02. The van der Waals surface area contributed by atoms with Gasteiger partial charge >= 0.3 is 0 Å². The molecule has 0 aliphatic carbocycles. The Morgan fingerprint density at radius 3 is 2.79 bits per heavy atom. The molecule has 3 heteroatoms. The van der Waals surface area contributed by atoms with E-state index in [2.05, 4.69) is 16.4 Å². The van der Waals surface area contributed by atoms with Crippen LogP contribution in [0.2, 0.25) is 0 Å². The molecule has 2 aromatic carbocycles. The second kappa shape index (κ2) is 4.98. The molecule has 0 atom stereocenters. The Morgan fingerprint density at radius 2 is 1.89 bits per heavy atom. The Labute approximate surface area is 111 Å². The van der Waals surface area contributed by atoms with Gasteiger partial charge in [-0.15, -0.1) is 0 Å². The minimum atomic E-state index is 0.836. The second-order valence-corrected chi connectivity index (χ2v) is 4.23. The average molecular weight is 250 g/mol. The molecule has 0 aliphatic heterocycles. The zero-order valence-corrected chi connectivity index (χ0v) is 10.6.